The summed E-state index contributed by atoms with van der Waals surface area (Å²) in [4.78, 5) is 11.5. The highest BCUT2D eigenvalue weighted by atomic mass is 16.6. The van der Waals surface area contributed by atoms with Crippen LogP contribution in [0, 0.1) is 11.8 Å². The zero-order valence-electron chi connectivity index (χ0n) is 19.3. The fraction of sp³-hybridized carbons (Fsp3) is 0.545. The maximum Gasteiger partial charge on any atom is 0.199 e. The number of aliphatic hydroxyl groups is 1. The van der Waals surface area contributed by atoms with Gasteiger partial charge in [0.1, 0.15) is 35.0 Å². The topological polar surface area (TPSA) is 138 Å². The summed E-state index contributed by atoms with van der Waals surface area (Å²) in [7, 11) is 0. The van der Waals surface area contributed by atoms with Gasteiger partial charge in [-0.05, 0) is 43.5 Å². The van der Waals surface area contributed by atoms with Crippen molar-refractivity contribution in [3.05, 3.63) is 11.9 Å². The number of morpholine rings is 1. The van der Waals surface area contributed by atoms with Crippen LogP contribution in [-0.4, -0.2) is 79.4 Å². The van der Waals surface area contributed by atoms with Crippen molar-refractivity contribution in [2.45, 2.75) is 45.9 Å². The van der Waals surface area contributed by atoms with Gasteiger partial charge in [-0.1, -0.05) is 12.8 Å². The maximum absolute atomic E-state index is 10.1. The second-order valence-corrected chi connectivity index (χ2v) is 8.35. The largest absolute Gasteiger partial charge is 0.487 e. The van der Waals surface area contributed by atoms with Crippen LogP contribution in [0.1, 0.15) is 33.4 Å². The van der Waals surface area contributed by atoms with Crippen LogP contribution in [0.2, 0.25) is 0 Å². The number of ether oxygens (including phenoxy) is 2. The summed E-state index contributed by atoms with van der Waals surface area (Å²) in [5.74, 6) is 6.88. The summed E-state index contributed by atoms with van der Waals surface area (Å²) in [5, 5.41) is 17.6. The summed E-state index contributed by atoms with van der Waals surface area (Å²) < 4.78 is 18.8. The molecular weight excluding hydrogens is 426 g/mol. The lowest BCUT2D eigenvalue weighted by Crippen LogP contribution is -2.44. The van der Waals surface area contributed by atoms with Crippen LogP contribution in [0.15, 0.2) is 10.8 Å². The van der Waals surface area contributed by atoms with Gasteiger partial charge in [-0.15, -0.1) is 0 Å². The molecule has 0 aromatic carbocycles. The van der Waals surface area contributed by atoms with Gasteiger partial charge in [-0.25, -0.2) is 14.6 Å². The van der Waals surface area contributed by atoms with E-state index in [-0.39, 0.29) is 11.9 Å². The lowest BCUT2D eigenvalue weighted by Gasteiger charge is -2.31. The number of hydrogen-bond donors (Lipinski definition) is 2. The van der Waals surface area contributed by atoms with E-state index in [1.807, 2.05) is 11.5 Å². The smallest absolute Gasteiger partial charge is 0.199 e. The first-order valence-corrected chi connectivity index (χ1v) is 11.0. The molecule has 3 aromatic rings. The Kier molecular flexibility index (Phi) is 6.51. The molecule has 0 spiro atoms. The van der Waals surface area contributed by atoms with Crippen molar-refractivity contribution >= 4 is 16.9 Å². The third-order valence-corrected chi connectivity index (χ3v) is 5.36. The van der Waals surface area contributed by atoms with Crippen molar-refractivity contribution in [1.82, 2.24) is 29.7 Å². The number of likely N-dealkylation sites (N-methyl/N-ethyl adjacent to an activating group) is 1. The van der Waals surface area contributed by atoms with Gasteiger partial charge in [0.25, 0.3) is 0 Å². The van der Waals surface area contributed by atoms with Gasteiger partial charge in [-0.2, -0.15) is 0 Å². The molecule has 0 amide bonds. The van der Waals surface area contributed by atoms with E-state index in [9.17, 15) is 5.11 Å². The fourth-order valence-corrected chi connectivity index (χ4v) is 3.71. The fourth-order valence-electron chi connectivity index (χ4n) is 3.71. The number of hydrogen-bond acceptors (Lipinski definition) is 10. The average molecular weight is 456 g/mol. The number of rotatable bonds is 6. The van der Waals surface area contributed by atoms with E-state index in [2.05, 4.69) is 39.0 Å². The Morgan fingerprint density at radius 1 is 1.30 bits per heavy atom. The minimum atomic E-state index is -1.18. The number of nitrogen functional groups attached to an aromatic ring is 1. The van der Waals surface area contributed by atoms with Crippen LogP contribution < -0.4 is 10.5 Å². The van der Waals surface area contributed by atoms with Gasteiger partial charge in [0.2, 0.25) is 0 Å². The number of aromatic nitrogens is 5. The Bertz CT molecular complexity index is 1190. The molecule has 3 aromatic heterocycles. The summed E-state index contributed by atoms with van der Waals surface area (Å²) in [6, 6.07) is 0. The molecule has 11 nitrogen and oxygen atoms in total. The van der Waals surface area contributed by atoms with Crippen molar-refractivity contribution in [3.8, 4) is 29.1 Å². The highest BCUT2D eigenvalue weighted by molar-refractivity contribution is 5.89. The molecule has 11 heteroatoms. The Hall–Kier alpha value is -3.20. The number of nitrogens with two attached hydrogens (primary N) is 1. The van der Waals surface area contributed by atoms with E-state index in [0.717, 1.165) is 19.6 Å². The van der Waals surface area contributed by atoms with Gasteiger partial charge in [-0.3, -0.25) is 4.90 Å². The normalized spacial score (nSPS) is 17.2. The molecule has 4 rings (SSSR count). The quantitative estimate of drug-likeness (QED) is 0.523. The molecule has 1 aliphatic heterocycles. The summed E-state index contributed by atoms with van der Waals surface area (Å²) >= 11 is 0. The van der Waals surface area contributed by atoms with E-state index in [4.69, 9.17) is 24.8 Å². The molecule has 0 bridgehead atoms. The van der Waals surface area contributed by atoms with Crippen LogP contribution in [-0.2, 0) is 11.3 Å². The second-order valence-electron chi connectivity index (χ2n) is 8.35. The van der Waals surface area contributed by atoms with E-state index in [0.29, 0.717) is 53.8 Å². The van der Waals surface area contributed by atoms with Crippen molar-refractivity contribution in [2.75, 3.05) is 38.6 Å². The third kappa shape index (κ3) is 4.93. The minimum Gasteiger partial charge on any atom is -0.487 e. The molecule has 0 saturated carbocycles. The van der Waals surface area contributed by atoms with Gasteiger partial charge in [0.15, 0.2) is 23.1 Å². The van der Waals surface area contributed by atoms with Crippen LogP contribution in [0.25, 0.3) is 22.6 Å². The van der Waals surface area contributed by atoms with Crippen LogP contribution >= 0.6 is 0 Å². The lowest BCUT2D eigenvalue weighted by molar-refractivity contribution is -0.0462. The average Bonchev–Trinajstić information content (AvgIpc) is 3.39. The first-order chi connectivity index (χ1) is 15.8. The Balaban J connectivity index is 1.77. The SMILES string of the molecule is CCN1CCO[C@H](COc2cnc(C#CC(C)(C)O)c3nc(-c4nonc4N)n(CC)c23)C1. The number of imidazole rings is 1. The van der Waals surface area contributed by atoms with Gasteiger partial charge < -0.3 is 24.9 Å². The summed E-state index contributed by atoms with van der Waals surface area (Å²) in [6.45, 7) is 11.6. The zero-order valence-corrected chi connectivity index (χ0v) is 19.3. The Labute approximate surface area is 191 Å². The van der Waals surface area contributed by atoms with E-state index in [1.165, 1.54) is 0 Å². The molecule has 4 heterocycles. The molecule has 0 aliphatic carbocycles. The molecule has 3 N–H and O–H groups in total. The van der Waals surface area contributed by atoms with Crippen molar-refractivity contribution in [1.29, 1.82) is 0 Å². The number of fused-ring (bicyclic) bond motifs is 1. The minimum absolute atomic E-state index is 0.0451. The maximum atomic E-state index is 10.1. The number of nitrogens with zero attached hydrogens (tertiary/aromatic N) is 6. The zero-order chi connectivity index (χ0) is 23.6. The van der Waals surface area contributed by atoms with E-state index < -0.39 is 5.60 Å². The summed E-state index contributed by atoms with van der Waals surface area (Å²) in [5.41, 5.74) is 6.72. The molecule has 0 unspecified atom stereocenters. The van der Waals surface area contributed by atoms with Crippen LogP contribution in [0.3, 0.4) is 0 Å². The molecule has 1 atom stereocenters. The van der Waals surface area contributed by atoms with Gasteiger partial charge >= 0.3 is 0 Å². The molecule has 1 fully saturated rings. The molecule has 0 radical (unpaired) electrons. The first-order valence-electron chi connectivity index (χ1n) is 11.0. The number of aryl methyl sites for hydroxylation is 1. The predicted octanol–water partition coefficient (Wildman–Crippen LogP) is 1.31. The van der Waals surface area contributed by atoms with Crippen LogP contribution in [0.4, 0.5) is 5.82 Å². The second kappa shape index (κ2) is 9.35. The Morgan fingerprint density at radius 2 is 2.12 bits per heavy atom. The van der Waals surface area contributed by atoms with E-state index >= 15 is 0 Å². The van der Waals surface area contributed by atoms with Gasteiger partial charge in [0.05, 0.1) is 12.8 Å². The molecule has 33 heavy (non-hydrogen) atoms. The number of anilines is 1. The third-order valence-electron chi connectivity index (χ3n) is 5.36. The molecule has 1 aliphatic rings. The van der Waals surface area contributed by atoms with Gasteiger partial charge in [0, 0.05) is 19.6 Å². The Morgan fingerprint density at radius 3 is 2.79 bits per heavy atom. The van der Waals surface area contributed by atoms with Crippen molar-refractivity contribution < 1.29 is 19.2 Å². The number of pyridine rings is 1. The standard InChI is InChI=1S/C22H29N7O4/c1-5-28-9-10-31-14(12-28)13-32-16-11-24-15(7-8-22(3,4)30)17-19(16)29(6-2)21(25-17)18-20(23)27-33-26-18/h11,14,30H,5-6,9-10,12-13H2,1-4H3,(H2,23,27)/t14-/m0/s1. The van der Waals surface area contributed by atoms with Crippen molar-refractivity contribution in [3.63, 3.8) is 0 Å². The monoisotopic (exact) mass is 455 g/mol. The lowest BCUT2D eigenvalue weighted by atomic mass is 10.1. The molecule has 176 valence electrons. The van der Waals surface area contributed by atoms with Crippen LogP contribution in [0.5, 0.6) is 5.75 Å². The molecular formula is C22H29N7O4. The highest BCUT2D eigenvalue weighted by Gasteiger charge is 2.25. The highest BCUT2D eigenvalue weighted by Crippen LogP contribution is 2.33. The van der Waals surface area contributed by atoms with Crippen molar-refractivity contribution in [2.24, 2.45) is 0 Å². The van der Waals surface area contributed by atoms with E-state index in [1.54, 1.807) is 20.0 Å². The first kappa shape index (κ1) is 23.0. The molecule has 1 saturated heterocycles. The summed E-state index contributed by atoms with van der Waals surface area (Å²) in [6.07, 6.45) is 1.58. The predicted molar refractivity (Wildman–Crippen MR) is 121 cm³/mol.